The lowest BCUT2D eigenvalue weighted by Gasteiger charge is -2.11. The Hall–Kier alpha value is -1.52. The lowest BCUT2D eigenvalue weighted by atomic mass is 10.1. The molecule has 3 N–H and O–H groups in total. The average molecular weight is 458 g/mol. The van der Waals surface area contributed by atoms with Gasteiger partial charge in [0.05, 0.1) is 12.1 Å². The van der Waals surface area contributed by atoms with Gasteiger partial charge in [-0.1, -0.05) is 12.1 Å². The van der Waals surface area contributed by atoms with Crippen LogP contribution in [0.1, 0.15) is 25.0 Å². The fraction of sp³-hybridized carbons (Fsp3) is 0.467. The van der Waals surface area contributed by atoms with E-state index in [1.165, 1.54) is 19.1 Å². The van der Waals surface area contributed by atoms with E-state index in [0.29, 0.717) is 31.2 Å². The average Bonchev–Trinajstić information content (AvgIpc) is 2.48. The molecule has 1 aromatic carbocycles. The molecule has 1 rings (SSSR count). The highest BCUT2D eigenvalue weighted by Gasteiger charge is 2.29. The number of hydrogen-bond acceptors (Lipinski definition) is 2. The molecular formula is C15H22F3IN4O. The Balaban J connectivity index is 0.00000529. The summed E-state index contributed by atoms with van der Waals surface area (Å²) in [6.07, 6.45) is -4.33. The fourth-order valence-electron chi connectivity index (χ4n) is 1.73. The Morgan fingerprint density at radius 3 is 2.17 bits per heavy atom. The molecule has 0 spiro atoms. The molecule has 1 amide bonds. The van der Waals surface area contributed by atoms with E-state index in [1.54, 1.807) is 0 Å². The molecule has 0 aliphatic carbocycles. The summed E-state index contributed by atoms with van der Waals surface area (Å²) in [6.45, 7) is 5.21. The minimum Gasteiger partial charge on any atom is -0.357 e. The maximum Gasteiger partial charge on any atom is 0.416 e. The quantitative estimate of drug-likeness (QED) is 0.266. The summed E-state index contributed by atoms with van der Waals surface area (Å²) in [7, 11) is 0. The molecular weight excluding hydrogens is 436 g/mol. The molecule has 24 heavy (non-hydrogen) atoms. The van der Waals surface area contributed by atoms with Crippen molar-refractivity contribution < 1.29 is 18.0 Å². The van der Waals surface area contributed by atoms with Crippen LogP contribution >= 0.6 is 24.0 Å². The van der Waals surface area contributed by atoms with Crippen molar-refractivity contribution in [3.63, 3.8) is 0 Å². The number of hydrogen-bond donors (Lipinski definition) is 3. The van der Waals surface area contributed by atoms with Gasteiger partial charge in [-0.3, -0.25) is 4.79 Å². The molecule has 0 unspecified atom stereocenters. The molecule has 0 heterocycles. The number of amides is 1. The highest BCUT2D eigenvalue weighted by Crippen LogP contribution is 2.29. The number of nitrogens with one attached hydrogen (secondary N) is 3. The summed E-state index contributed by atoms with van der Waals surface area (Å²) >= 11 is 0. The second-order valence-corrected chi connectivity index (χ2v) is 4.80. The van der Waals surface area contributed by atoms with Gasteiger partial charge < -0.3 is 16.0 Å². The number of rotatable bonds is 6. The first kappa shape index (κ1) is 22.5. The second kappa shape index (κ2) is 11.1. The van der Waals surface area contributed by atoms with Crippen LogP contribution in [0.4, 0.5) is 13.2 Å². The van der Waals surface area contributed by atoms with Crippen LogP contribution in [-0.4, -0.2) is 31.5 Å². The summed E-state index contributed by atoms with van der Waals surface area (Å²) < 4.78 is 37.5. The van der Waals surface area contributed by atoms with Crippen molar-refractivity contribution in [1.82, 2.24) is 16.0 Å². The van der Waals surface area contributed by atoms with Gasteiger partial charge in [0.25, 0.3) is 0 Å². The van der Waals surface area contributed by atoms with E-state index in [4.69, 9.17) is 0 Å². The van der Waals surface area contributed by atoms with E-state index in [2.05, 4.69) is 20.9 Å². The van der Waals surface area contributed by atoms with Gasteiger partial charge in [-0.25, -0.2) is 4.99 Å². The number of benzene rings is 1. The Kier molecular flexibility index (Phi) is 10.4. The minimum atomic E-state index is -4.33. The molecule has 0 atom stereocenters. The van der Waals surface area contributed by atoms with E-state index < -0.39 is 11.7 Å². The highest BCUT2D eigenvalue weighted by molar-refractivity contribution is 14.0. The maximum absolute atomic E-state index is 12.5. The molecule has 0 aliphatic rings. The Morgan fingerprint density at radius 1 is 1.08 bits per heavy atom. The molecule has 0 aliphatic heterocycles. The lowest BCUT2D eigenvalue weighted by Crippen LogP contribution is -2.41. The number of aliphatic imine (C=N–C) groups is 1. The maximum atomic E-state index is 12.5. The van der Waals surface area contributed by atoms with Crippen LogP contribution in [0.5, 0.6) is 0 Å². The van der Waals surface area contributed by atoms with Crippen LogP contribution in [0.25, 0.3) is 0 Å². The molecule has 1 aromatic rings. The Labute approximate surface area is 156 Å². The molecule has 9 heteroatoms. The first-order valence-corrected chi connectivity index (χ1v) is 7.25. The van der Waals surface area contributed by atoms with Crippen LogP contribution in [0.15, 0.2) is 29.3 Å². The highest BCUT2D eigenvalue weighted by atomic mass is 127. The van der Waals surface area contributed by atoms with Gasteiger partial charge in [-0.2, -0.15) is 13.2 Å². The van der Waals surface area contributed by atoms with Crippen LogP contribution < -0.4 is 16.0 Å². The monoisotopic (exact) mass is 458 g/mol. The first-order valence-electron chi connectivity index (χ1n) is 7.25. The van der Waals surface area contributed by atoms with E-state index >= 15 is 0 Å². The third-order valence-corrected chi connectivity index (χ3v) is 2.84. The van der Waals surface area contributed by atoms with Crippen molar-refractivity contribution in [2.24, 2.45) is 4.99 Å². The predicted octanol–water partition coefficient (Wildman–Crippen LogP) is 2.51. The number of nitrogens with zero attached hydrogens (tertiary/aromatic N) is 1. The molecule has 0 saturated carbocycles. The SMILES string of the molecule is CCNC(=NCc1ccc(C(F)(F)F)cc1)NCCNC(C)=O.I. The summed E-state index contributed by atoms with van der Waals surface area (Å²) in [4.78, 5) is 15.1. The van der Waals surface area contributed by atoms with Crippen LogP contribution in [0.2, 0.25) is 0 Å². The molecule has 0 saturated heterocycles. The molecule has 136 valence electrons. The van der Waals surface area contributed by atoms with Crippen molar-refractivity contribution in [1.29, 1.82) is 0 Å². The first-order chi connectivity index (χ1) is 10.8. The van der Waals surface area contributed by atoms with Crippen molar-refractivity contribution >= 4 is 35.8 Å². The van der Waals surface area contributed by atoms with Crippen molar-refractivity contribution in [3.8, 4) is 0 Å². The third kappa shape index (κ3) is 8.94. The van der Waals surface area contributed by atoms with Gasteiger partial charge in [-0.05, 0) is 24.6 Å². The fourth-order valence-corrected chi connectivity index (χ4v) is 1.73. The lowest BCUT2D eigenvalue weighted by molar-refractivity contribution is -0.137. The van der Waals surface area contributed by atoms with Crippen molar-refractivity contribution in [2.75, 3.05) is 19.6 Å². The van der Waals surface area contributed by atoms with Crippen LogP contribution in [0, 0.1) is 0 Å². The van der Waals surface area contributed by atoms with E-state index in [9.17, 15) is 18.0 Å². The summed E-state index contributed by atoms with van der Waals surface area (Å²) in [5.41, 5.74) is 0.00244. The van der Waals surface area contributed by atoms with Gasteiger partial charge in [0.2, 0.25) is 5.91 Å². The summed E-state index contributed by atoms with van der Waals surface area (Å²) in [6, 6.07) is 4.91. The Morgan fingerprint density at radius 2 is 1.67 bits per heavy atom. The van der Waals surface area contributed by atoms with E-state index in [0.717, 1.165) is 12.1 Å². The molecule has 5 nitrogen and oxygen atoms in total. The minimum absolute atomic E-state index is 0. The van der Waals surface area contributed by atoms with Crippen LogP contribution in [0.3, 0.4) is 0 Å². The largest absolute Gasteiger partial charge is 0.416 e. The van der Waals surface area contributed by atoms with E-state index in [1.807, 2.05) is 6.92 Å². The van der Waals surface area contributed by atoms with Gasteiger partial charge in [0.1, 0.15) is 0 Å². The summed E-state index contributed by atoms with van der Waals surface area (Å²) in [5, 5.41) is 8.70. The molecule has 0 bridgehead atoms. The zero-order valence-electron chi connectivity index (χ0n) is 13.5. The molecule has 0 fully saturated rings. The van der Waals surface area contributed by atoms with Crippen molar-refractivity contribution in [3.05, 3.63) is 35.4 Å². The standard InChI is InChI=1S/C15H21F3N4O.HI/c1-3-19-14(21-9-8-20-11(2)23)22-10-12-4-6-13(7-5-12)15(16,17)18;/h4-7H,3,8-10H2,1-2H3,(H,20,23)(H2,19,21,22);1H. The van der Waals surface area contributed by atoms with Crippen molar-refractivity contribution in [2.45, 2.75) is 26.6 Å². The van der Waals surface area contributed by atoms with Gasteiger partial charge in [0, 0.05) is 26.6 Å². The third-order valence-electron chi connectivity index (χ3n) is 2.84. The predicted molar refractivity (Wildman–Crippen MR) is 98.4 cm³/mol. The topological polar surface area (TPSA) is 65.5 Å². The second-order valence-electron chi connectivity index (χ2n) is 4.80. The van der Waals surface area contributed by atoms with Gasteiger partial charge in [-0.15, -0.1) is 24.0 Å². The van der Waals surface area contributed by atoms with Gasteiger partial charge >= 0.3 is 6.18 Å². The van der Waals surface area contributed by atoms with E-state index in [-0.39, 0.29) is 36.4 Å². The molecule has 0 aromatic heterocycles. The zero-order valence-corrected chi connectivity index (χ0v) is 15.9. The van der Waals surface area contributed by atoms with Gasteiger partial charge in [0.15, 0.2) is 5.96 Å². The summed E-state index contributed by atoms with van der Waals surface area (Å²) in [5.74, 6) is 0.427. The number of carbonyl (C=O) groups excluding carboxylic acids is 1. The molecule has 0 radical (unpaired) electrons. The number of carbonyl (C=O) groups is 1. The number of guanidine groups is 1. The number of halogens is 4. The van der Waals surface area contributed by atoms with Crippen LogP contribution in [-0.2, 0) is 17.5 Å². The zero-order chi connectivity index (χ0) is 17.3. The normalized spacial score (nSPS) is 11.5. The number of alkyl halides is 3. The Bertz CT molecular complexity index is 533. The smallest absolute Gasteiger partial charge is 0.357 e.